The molecule has 0 amide bonds. The number of ether oxygens (including phenoxy) is 4. The first kappa shape index (κ1) is 83.1. The van der Waals surface area contributed by atoms with Crippen molar-refractivity contribution in [1.82, 2.24) is 0 Å². The molecule has 85 heavy (non-hydrogen) atoms. The Morgan fingerprint density at radius 3 is 0.800 bits per heavy atom. The van der Waals surface area contributed by atoms with E-state index < -0.39 is 97.5 Å². The first-order valence-corrected chi connectivity index (χ1v) is 37.5. The van der Waals surface area contributed by atoms with E-state index in [1.165, 1.54) is 141 Å². The van der Waals surface area contributed by atoms with E-state index in [0.29, 0.717) is 37.5 Å². The summed E-state index contributed by atoms with van der Waals surface area (Å²) in [5, 5.41) is 10.5. The van der Waals surface area contributed by atoms with E-state index in [9.17, 15) is 43.2 Å². The lowest BCUT2D eigenvalue weighted by Gasteiger charge is -2.21. The highest BCUT2D eigenvalue weighted by atomic mass is 31.2. The van der Waals surface area contributed by atoms with Gasteiger partial charge in [0.15, 0.2) is 12.2 Å². The SMILES string of the molecule is CCCCCCCCCCCCCCCCCC(=O)O[C@H](COC(=O)CCCCCCCCCCCCC)COP(=O)(O)OC[C@@H](O)COP(=O)(O)OC[C@@H](COC(=O)CCCCCCCCC(C)C)OC(=O)CCCCCCCCCC(C)C. The summed E-state index contributed by atoms with van der Waals surface area (Å²) in [6.45, 7) is 9.37. The van der Waals surface area contributed by atoms with Crippen LogP contribution in [0.4, 0.5) is 0 Å². The third kappa shape index (κ3) is 60.7. The van der Waals surface area contributed by atoms with Crippen LogP contribution in [-0.4, -0.2) is 96.7 Å². The number of hydrogen-bond donors (Lipinski definition) is 3. The number of aliphatic hydroxyl groups excluding tert-OH is 1. The number of rotatable bonds is 65. The third-order valence-corrected chi connectivity index (χ3v) is 17.1. The first-order chi connectivity index (χ1) is 40.9. The van der Waals surface area contributed by atoms with Crippen molar-refractivity contribution in [3.8, 4) is 0 Å². The van der Waals surface area contributed by atoms with Crippen LogP contribution in [0.2, 0.25) is 0 Å². The topological polar surface area (TPSA) is 237 Å². The van der Waals surface area contributed by atoms with Gasteiger partial charge in [-0.15, -0.1) is 0 Å². The first-order valence-electron chi connectivity index (χ1n) is 34.5. The smallest absolute Gasteiger partial charge is 0.462 e. The van der Waals surface area contributed by atoms with E-state index in [1.54, 1.807) is 0 Å². The second-order valence-electron chi connectivity index (χ2n) is 24.8. The number of carbonyl (C=O) groups excluding carboxylic acids is 4. The monoisotopic (exact) mass is 1250 g/mol. The van der Waals surface area contributed by atoms with Gasteiger partial charge < -0.3 is 33.8 Å². The molecule has 0 saturated heterocycles. The molecule has 0 heterocycles. The van der Waals surface area contributed by atoms with Gasteiger partial charge in [0.05, 0.1) is 26.4 Å². The third-order valence-electron chi connectivity index (χ3n) is 15.2. The Hall–Kier alpha value is -1.94. The zero-order valence-electron chi connectivity index (χ0n) is 54.9. The highest BCUT2D eigenvalue weighted by Crippen LogP contribution is 2.45. The molecule has 0 rings (SSSR count). The molecule has 3 N–H and O–H groups in total. The lowest BCUT2D eigenvalue weighted by Crippen LogP contribution is -2.30. The van der Waals surface area contributed by atoms with E-state index in [1.807, 2.05) is 0 Å². The maximum absolute atomic E-state index is 13.0. The maximum Gasteiger partial charge on any atom is 0.472 e. The Labute approximate surface area is 517 Å². The Kier molecular flexibility index (Phi) is 57.1. The van der Waals surface area contributed by atoms with Gasteiger partial charge in [-0.05, 0) is 37.5 Å². The van der Waals surface area contributed by atoms with Crippen LogP contribution < -0.4 is 0 Å². The highest BCUT2D eigenvalue weighted by Gasteiger charge is 2.30. The molecule has 0 aromatic rings. The minimum atomic E-state index is -4.95. The van der Waals surface area contributed by atoms with E-state index in [4.69, 9.17) is 37.0 Å². The molecule has 19 heteroatoms. The molecular weight excluding hydrogens is 1130 g/mol. The molecule has 0 spiro atoms. The largest absolute Gasteiger partial charge is 0.472 e. The van der Waals surface area contributed by atoms with Gasteiger partial charge in [-0.2, -0.15) is 0 Å². The van der Waals surface area contributed by atoms with Crippen LogP contribution in [0.25, 0.3) is 0 Å². The quantitative estimate of drug-likeness (QED) is 0.0222. The Bertz CT molecular complexity index is 1670. The van der Waals surface area contributed by atoms with E-state index in [0.717, 1.165) is 96.3 Å². The molecule has 5 atom stereocenters. The lowest BCUT2D eigenvalue weighted by atomic mass is 10.0. The summed E-state index contributed by atoms with van der Waals surface area (Å²) < 4.78 is 68.0. The van der Waals surface area contributed by atoms with Crippen LogP contribution in [-0.2, 0) is 65.4 Å². The van der Waals surface area contributed by atoms with Crippen molar-refractivity contribution in [1.29, 1.82) is 0 Å². The summed E-state index contributed by atoms with van der Waals surface area (Å²) in [6, 6.07) is 0. The van der Waals surface area contributed by atoms with E-state index in [-0.39, 0.29) is 25.7 Å². The number of aliphatic hydroxyl groups is 1. The van der Waals surface area contributed by atoms with Gasteiger partial charge in [0.1, 0.15) is 19.3 Å². The Morgan fingerprint density at radius 1 is 0.318 bits per heavy atom. The van der Waals surface area contributed by atoms with Gasteiger partial charge in [0.25, 0.3) is 0 Å². The van der Waals surface area contributed by atoms with Crippen molar-refractivity contribution in [2.24, 2.45) is 11.8 Å². The maximum atomic E-state index is 13.0. The molecule has 2 unspecified atom stereocenters. The van der Waals surface area contributed by atoms with Crippen molar-refractivity contribution in [3.05, 3.63) is 0 Å². The van der Waals surface area contributed by atoms with Gasteiger partial charge in [0, 0.05) is 25.7 Å². The molecule has 0 saturated carbocycles. The fourth-order valence-electron chi connectivity index (χ4n) is 9.88. The van der Waals surface area contributed by atoms with Crippen LogP contribution in [0.3, 0.4) is 0 Å². The molecular formula is C66H128O17P2. The van der Waals surface area contributed by atoms with Crippen LogP contribution in [0, 0.1) is 11.8 Å². The highest BCUT2D eigenvalue weighted by molar-refractivity contribution is 7.47. The van der Waals surface area contributed by atoms with Gasteiger partial charge in [-0.3, -0.25) is 37.3 Å². The minimum Gasteiger partial charge on any atom is -0.462 e. The van der Waals surface area contributed by atoms with Crippen molar-refractivity contribution in [2.45, 2.75) is 349 Å². The number of unbranched alkanes of at least 4 members (excludes halogenated alkanes) is 35. The number of carbonyl (C=O) groups is 4. The lowest BCUT2D eigenvalue weighted by molar-refractivity contribution is -0.161. The van der Waals surface area contributed by atoms with Gasteiger partial charge >= 0.3 is 39.5 Å². The summed E-state index contributed by atoms with van der Waals surface area (Å²) in [4.78, 5) is 72.3. The molecule has 0 aliphatic heterocycles. The van der Waals surface area contributed by atoms with Gasteiger partial charge in [-0.25, -0.2) is 9.13 Å². The summed E-state index contributed by atoms with van der Waals surface area (Å²) in [5.74, 6) is -0.758. The van der Waals surface area contributed by atoms with Crippen molar-refractivity contribution in [2.75, 3.05) is 39.6 Å². The average Bonchev–Trinajstić information content (AvgIpc) is 3.48. The Morgan fingerprint density at radius 2 is 0.541 bits per heavy atom. The van der Waals surface area contributed by atoms with E-state index in [2.05, 4.69) is 41.5 Å². The fourth-order valence-corrected chi connectivity index (χ4v) is 11.5. The fraction of sp³-hybridized carbons (Fsp3) is 0.939. The number of esters is 4. The number of hydrogen-bond acceptors (Lipinski definition) is 15. The van der Waals surface area contributed by atoms with Crippen molar-refractivity contribution >= 4 is 39.5 Å². The summed E-state index contributed by atoms with van der Waals surface area (Å²) in [5.41, 5.74) is 0. The van der Waals surface area contributed by atoms with Crippen LogP contribution in [0.5, 0.6) is 0 Å². The predicted molar refractivity (Wildman–Crippen MR) is 340 cm³/mol. The van der Waals surface area contributed by atoms with Gasteiger partial charge in [-0.1, -0.05) is 279 Å². The summed E-state index contributed by atoms with van der Waals surface area (Å²) in [6.07, 6.45) is 41.9. The molecule has 0 aliphatic rings. The van der Waals surface area contributed by atoms with Crippen molar-refractivity contribution < 1.29 is 80.2 Å². The van der Waals surface area contributed by atoms with Crippen LogP contribution >= 0.6 is 15.6 Å². The van der Waals surface area contributed by atoms with Crippen LogP contribution in [0.1, 0.15) is 330 Å². The molecule has 0 fully saturated rings. The Balaban J connectivity index is 5.23. The molecule has 0 bridgehead atoms. The van der Waals surface area contributed by atoms with Crippen LogP contribution in [0.15, 0.2) is 0 Å². The summed E-state index contributed by atoms with van der Waals surface area (Å²) >= 11 is 0. The van der Waals surface area contributed by atoms with E-state index >= 15 is 0 Å². The second kappa shape index (κ2) is 58.4. The normalized spacial score (nSPS) is 14.2. The second-order valence-corrected chi connectivity index (χ2v) is 27.7. The number of phosphoric ester groups is 2. The van der Waals surface area contributed by atoms with Gasteiger partial charge in [0.2, 0.25) is 0 Å². The zero-order valence-corrected chi connectivity index (χ0v) is 56.7. The standard InChI is InChI=1S/C66H128O17P2/c1-7-9-11-13-15-17-19-20-21-22-24-26-30-38-44-50-65(70)82-61(54-76-63(68)48-42-36-29-25-23-18-16-14-12-10-8-2)56-80-84(72,73)78-52-60(67)53-79-85(74,75)81-57-62(55-77-64(69)49-43-37-33-32-35-41-47-59(5)6)83-66(71)51-45-39-31-27-28-34-40-46-58(3)4/h58-62,67H,7-57H2,1-6H3,(H,72,73)(H,74,75)/t60-,61-,62-/m1/s1. The minimum absolute atomic E-state index is 0.102. The number of phosphoric acid groups is 2. The molecule has 0 aromatic heterocycles. The average molecular weight is 1260 g/mol. The van der Waals surface area contributed by atoms with Crippen molar-refractivity contribution in [3.63, 3.8) is 0 Å². The predicted octanol–water partition coefficient (Wildman–Crippen LogP) is 18.4. The summed E-state index contributed by atoms with van der Waals surface area (Å²) in [7, 11) is -9.89. The molecule has 0 aromatic carbocycles. The zero-order chi connectivity index (χ0) is 62.9. The molecule has 17 nitrogen and oxygen atoms in total. The molecule has 0 radical (unpaired) electrons. The molecule has 504 valence electrons. The molecule has 0 aliphatic carbocycles.